The molecule has 0 bridgehead atoms. The summed E-state index contributed by atoms with van der Waals surface area (Å²) in [5, 5.41) is -0.0358. The Hall–Kier alpha value is -0.850. The molecule has 1 unspecified atom stereocenters. The van der Waals surface area contributed by atoms with Gasteiger partial charge >= 0.3 is 6.18 Å². The SMILES string of the molecule is COCC(N)Cc1ncc(C(F)(F)F)cc1Cl. The Bertz CT molecular complexity index is 384. The molecule has 3 nitrogen and oxygen atoms in total. The first-order valence-corrected chi connectivity index (χ1v) is 5.18. The molecule has 1 aromatic heterocycles. The quantitative estimate of drug-likeness (QED) is 0.911. The van der Waals surface area contributed by atoms with Gasteiger partial charge in [0.1, 0.15) is 0 Å². The first-order valence-electron chi connectivity index (χ1n) is 4.80. The van der Waals surface area contributed by atoms with Crippen molar-refractivity contribution in [2.45, 2.75) is 18.6 Å². The van der Waals surface area contributed by atoms with E-state index in [0.717, 1.165) is 12.3 Å². The van der Waals surface area contributed by atoms with Crippen molar-refractivity contribution in [2.24, 2.45) is 5.73 Å². The number of rotatable bonds is 4. The second kappa shape index (κ2) is 5.66. The third kappa shape index (κ3) is 4.14. The number of aromatic nitrogens is 1. The molecule has 0 aliphatic carbocycles. The van der Waals surface area contributed by atoms with Gasteiger partial charge in [0.25, 0.3) is 0 Å². The lowest BCUT2D eigenvalue weighted by Gasteiger charge is -2.12. The monoisotopic (exact) mass is 268 g/mol. The summed E-state index contributed by atoms with van der Waals surface area (Å²) in [4.78, 5) is 3.68. The molecule has 1 heterocycles. The number of nitrogens with two attached hydrogens (primary N) is 1. The normalized spacial score (nSPS) is 13.8. The molecule has 0 amide bonds. The zero-order valence-electron chi connectivity index (χ0n) is 9.09. The smallest absolute Gasteiger partial charge is 0.383 e. The molecule has 7 heteroatoms. The lowest BCUT2D eigenvalue weighted by molar-refractivity contribution is -0.137. The van der Waals surface area contributed by atoms with Crippen LogP contribution in [-0.4, -0.2) is 24.7 Å². The molecule has 96 valence electrons. The number of alkyl halides is 3. The van der Waals surface area contributed by atoms with Crippen LogP contribution < -0.4 is 5.73 Å². The zero-order chi connectivity index (χ0) is 13.1. The Labute approximate surface area is 102 Å². The number of hydrogen-bond donors (Lipinski definition) is 1. The summed E-state index contributed by atoms with van der Waals surface area (Å²) in [6, 6.07) is 0.505. The van der Waals surface area contributed by atoms with Gasteiger partial charge in [-0.3, -0.25) is 4.98 Å². The van der Waals surface area contributed by atoms with Gasteiger partial charge in [0.15, 0.2) is 0 Å². The molecule has 2 N–H and O–H groups in total. The van der Waals surface area contributed by atoms with Crippen molar-refractivity contribution in [3.63, 3.8) is 0 Å². The van der Waals surface area contributed by atoms with Crippen LogP contribution in [0.4, 0.5) is 13.2 Å². The topological polar surface area (TPSA) is 48.1 Å². The van der Waals surface area contributed by atoms with Crippen LogP contribution in [0.1, 0.15) is 11.3 Å². The maximum Gasteiger partial charge on any atom is 0.417 e. The van der Waals surface area contributed by atoms with Crippen LogP contribution in [0.15, 0.2) is 12.3 Å². The van der Waals surface area contributed by atoms with Crippen LogP contribution in [0.5, 0.6) is 0 Å². The second-order valence-electron chi connectivity index (χ2n) is 3.57. The molecule has 0 aliphatic rings. The number of nitrogens with zero attached hydrogens (tertiary/aromatic N) is 1. The molecule has 0 saturated heterocycles. The molecule has 0 aliphatic heterocycles. The highest BCUT2D eigenvalue weighted by Gasteiger charge is 2.31. The van der Waals surface area contributed by atoms with Gasteiger partial charge in [0, 0.05) is 25.8 Å². The van der Waals surface area contributed by atoms with Gasteiger partial charge in [-0.25, -0.2) is 0 Å². The highest BCUT2D eigenvalue weighted by molar-refractivity contribution is 6.31. The van der Waals surface area contributed by atoms with Gasteiger partial charge in [-0.1, -0.05) is 11.6 Å². The van der Waals surface area contributed by atoms with Crippen LogP contribution in [0, 0.1) is 0 Å². The van der Waals surface area contributed by atoms with Crippen LogP contribution in [0.3, 0.4) is 0 Å². The number of ether oxygens (including phenoxy) is 1. The molecule has 0 radical (unpaired) electrons. The summed E-state index contributed by atoms with van der Waals surface area (Å²) in [7, 11) is 1.49. The van der Waals surface area contributed by atoms with E-state index < -0.39 is 11.7 Å². The van der Waals surface area contributed by atoms with Gasteiger partial charge in [-0.15, -0.1) is 0 Å². The van der Waals surface area contributed by atoms with Gasteiger partial charge < -0.3 is 10.5 Å². The van der Waals surface area contributed by atoms with Gasteiger partial charge in [-0.2, -0.15) is 13.2 Å². The van der Waals surface area contributed by atoms with E-state index in [1.54, 1.807) is 0 Å². The molecule has 0 spiro atoms. The van der Waals surface area contributed by atoms with E-state index in [-0.39, 0.29) is 17.5 Å². The van der Waals surface area contributed by atoms with E-state index in [4.69, 9.17) is 22.1 Å². The van der Waals surface area contributed by atoms with E-state index in [1.165, 1.54) is 7.11 Å². The second-order valence-corrected chi connectivity index (χ2v) is 3.98. The molecule has 0 fully saturated rings. The average molecular weight is 269 g/mol. The summed E-state index contributed by atoms with van der Waals surface area (Å²) in [5.41, 5.74) is 5.13. The first kappa shape index (κ1) is 14.2. The van der Waals surface area contributed by atoms with E-state index in [9.17, 15) is 13.2 Å². The van der Waals surface area contributed by atoms with Crippen LogP contribution in [0.2, 0.25) is 5.02 Å². The standard InChI is InChI=1S/C10H12ClF3N2O/c1-17-5-7(15)3-9-8(11)2-6(4-16-9)10(12,13)14/h2,4,7H,3,5,15H2,1H3. The number of methoxy groups -OCH3 is 1. The number of hydrogen-bond acceptors (Lipinski definition) is 3. The molecular formula is C10H12ClF3N2O. The summed E-state index contributed by atoms with van der Waals surface area (Å²) in [6.45, 7) is 0.291. The lowest BCUT2D eigenvalue weighted by Crippen LogP contribution is -2.28. The van der Waals surface area contributed by atoms with Crippen molar-refractivity contribution in [3.05, 3.63) is 28.5 Å². The predicted octanol–water partition coefficient (Wildman–Crippen LogP) is 2.27. The first-order chi connectivity index (χ1) is 7.84. The fourth-order valence-electron chi connectivity index (χ4n) is 1.29. The van der Waals surface area contributed by atoms with Gasteiger partial charge in [-0.05, 0) is 6.07 Å². The Morgan fingerprint density at radius 1 is 1.53 bits per heavy atom. The Balaban J connectivity index is 2.83. The third-order valence-electron chi connectivity index (χ3n) is 2.08. The minimum atomic E-state index is -4.44. The maximum absolute atomic E-state index is 12.3. The molecule has 1 aromatic rings. The molecule has 0 saturated carbocycles. The fraction of sp³-hybridized carbons (Fsp3) is 0.500. The van der Waals surface area contributed by atoms with Crippen molar-refractivity contribution < 1.29 is 17.9 Å². The van der Waals surface area contributed by atoms with Gasteiger partial charge in [0.05, 0.1) is 22.9 Å². The number of pyridine rings is 1. The zero-order valence-corrected chi connectivity index (χ0v) is 9.85. The fourth-order valence-corrected chi connectivity index (χ4v) is 1.54. The highest BCUT2D eigenvalue weighted by atomic mass is 35.5. The van der Waals surface area contributed by atoms with Crippen LogP contribution >= 0.6 is 11.6 Å². The van der Waals surface area contributed by atoms with Crippen molar-refractivity contribution in [3.8, 4) is 0 Å². The molecule has 1 rings (SSSR count). The van der Waals surface area contributed by atoms with Crippen molar-refractivity contribution >= 4 is 11.6 Å². The van der Waals surface area contributed by atoms with Crippen molar-refractivity contribution in [2.75, 3.05) is 13.7 Å². The van der Waals surface area contributed by atoms with Crippen LogP contribution in [-0.2, 0) is 17.3 Å². The van der Waals surface area contributed by atoms with Crippen LogP contribution in [0.25, 0.3) is 0 Å². The molecular weight excluding hydrogens is 257 g/mol. The minimum Gasteiger partial charge on any atom is -0.383 e. The summed E-state index contributed by atoms with van der Waals surface area (Å²) < 4.78 is 41.8. The maximum atomic E-state index is 12.3. The van der Waals surface area contributed by atoms with E-state index in [2.05, 4.69) is 4.98 Å². The molecule has 1 atom stereocenters. The van der Waals surface area contributed by atoms with Crippen molar-refractivity contribution in [1.29, 1.82) is 0 Å². The largest absolute Gasteiger partial charge is 0.417 e. The summed E-state index contributed by atoms with van der Waals surface area (Å²) in [5.74, 6) is 0. The van der Waals surface area contributed by atoms with Gasteiger partial charge in [0.2, 0.25) is 0 Å². The number of halogens is 4. The van der Waals surface area contributed by atoms with E-state index >= 15 is 0 Å². The average Bonchev–Trinajstić information content (AvgIpc) is 2.20. The minimum absolute atomic E-state index is 0.0358. The Morgan fingerprint density at radius 2 is 2.18 bits per heavy atom. The summed E-state index contributed by atoms with van der Waals surface area (Å²) >= 11 is 5.72. The van der Waals surface area contributed by atoms with E-state index in [0.29, 0.717) is 12.3 Å². The highest BCUT2D eigenvalue weighted by Crippen LogP contribution is 2.31. The van der Waals surface area contributed by atoms with Crippen molar-refractivity contribution in [1.82, 2.24) is 4.98 Å². The van der Waals surface area contributed by atoms with E-state index in [1.807, 2.05) is 0 Å². The Morgan fingerprint density at radius 3 is 2.65 bits per heavy atom. The molecule has 17 heavy (non-hydrogen) atoms. The lowest BCUT2D eigenvalue weighted by atomic mass is 10.1. The summed E-state index contributed by atoms with van der Waals surface area (Å²) in [6.07, 6.45) is -3.42. The third-order valence-corrected chi connectivity index (χ3v) is 2.41. The predicted molar refractivity (Wildman–Crippen MR) is 57.8 cm³/mol. The Kier molecular flexibility index (Phi) is 4.73. The molecule has 0 aromatic carbocycles.